The fourth-order valence-electron chi connectivity index (χ4n) is 9.13. The molecule has 2 atom stereocenters. The second kappa shape index (κ2) is 13.0. The van der Waals surface area contributed by atoms with E-state index in [9.17, 15) is 0 Å². The van der Waals surface area contributed by atoms with Crippen molar-refractivity contribution in [2.75, 3.05) is 0 Å². The van der Waals surface area contributed by atoms with Gasteiger partial charge in [0.1, 0.15) is 0 Å². The number of aryl methyl sites for hydroxylation is 2. The molecule has 0 aliphatic heterocycles. The van der Waals surface area contributed by atoms with Crippen molar-refractivity contribution in [1.82, 2.24) is 0 Å². The van der Waals surface area contributed by atoms with Crippen LogP contribution in [0.1, 0.15) is 51.9 Å². The van der Waals surface area contributed by atoms with E-state index in [1.54, 1.807) is 3.26 Å². The first kappa shape index (κ1) is 32.7. The van der Waals surface area contributed by atoms with Crippen molar-refractivity contribution in [3.63, 3.8) is 0 Å². The first-order valence-electron chi connectivity index (χ1n) is 18.2. The van der Waals surface area contributed by atoms with Crippen LogP contribution >= 0.6 is 0 Å². The van der Waals surface area contributed by atoms with Gasteiger partial charge < -0.3 is 0 Å². The summed E-state index contributed by atoms with van der Waals surface area (Å²) in [5.74, 6) is 0. The summed E-state index contributed by atoms with van der Waals surface area (Å²) in [6, 6.07) is 54.8. The van der Waals surface area contributed by atoms with Crippen LogP contribution < -0.4 is 0 Å². The Balaban J connectivity index is 1.39. The Bertz CT molecular complexity index is 2150. The summed E-state index contributed by atoms with van der Waals surface area (Å²) in [5, 5.41) is 0. The Morgan fingerprint density at radius 3 is 1.26 bits per heavy atom. The second-order valence-electron chi connectivity index (χ2n) is 15.6. The van der Waals surface area contributed by atoms with Gasteiger partial charge in [0.15, 0.2) is 0 Å². The molecule has 1 heteroatoms. The molecule has 0 radical (unpaired) electrons. The van der Waals surface area contributed by atoms with Crippen LogP contribution in [0.5, 0.6) is 0 Å². The van der Waals surface area contributed by atoms with Crippen LogP contribution in [0.3, 0.4) is 0 Å². The molecule has 2 aliphatic rings. The molecular formula is C49H46Hf. The van der Waals surface area contributed by atoms with Gasteiger partial charge in [-0.3, -0.25) is 0 Å². The zero-order valence-corrected chi connectivity index (χ0v) is 33.3. The van der Waals surface area contributed by atoms with Gasteiger partial charge in [-0.05, 0) is 0 Å². The third-order valence-corrected chi connectivity index (χ3v) is 38.8. The van der Waals surface area contributed by atoms with Gasteiger partial charge in [0.2, 0.25) is 0 Å². The Hall–Kier alpha value is -4.46. The zero-order valence-electron chi connectivity index (χ0n) is 29.7. The molecule has 0 heterocycles. The summed E-state index contributed by atoms with van der Waals surface area (Å²) in [6.45, 7) is 4.34. The average Bonchev–Trinajstić information content (AvgIpc) is 3.80. The summed E-state index contributed by atoms with van der Waals surface area (Å²) < 4.78 is 8.13. The molecule has 6 aromatic rings. The standard InChI is InChI=1S/2C16H13.C15H14.2CH3.Hf/c2*1-12-8-10-14(11-9-12)16-7-3-5-13-4-2-6-15(13)16;1-3-8-14(9-4-1)12-7-13-15-10-5-2-6-11-15;;;/h2*2-11H,1H3;1-6,8-11H,12-13H2;2*1H3;. The van der Waals surface area contributed by atoms with Crippen molar-refractivity contribution in [3.05, 3.63) is 202 Å². The molecule has 0 nitrogen and oxygen atoms in total. The van der Waals surface area contributed by atoms with Crippen molar-refractivity contribution >= 4 is 15.4 Å². The van der Waals surface area contributed by atoms with Gasteiger partial charge in [-0.2, -0.15) is 0 Å². The van der Waals surface area contributed by atoms with E-state index in [1.165, 1.54) is 66.8 Å². The number of rotatable bonds is 8. The number of benzene rings is 6. The summed E-state index contributed by atoms with van der Waals surface area (Å²) in [7, 11) is 0. The normalized spacial score (nSPS) is 16.3. The molecule has 0 bridgehead atoms. The third kappa shape index (κ3) is 5.70. The van der Waals surface area contributed by atoms with Gasteiger partial charge in [-0.1, -0.05) is 0 Å². The fraction of sp³-hybridized carbons (Fsp3) is 0.163. The Labute approximate surface area is 299 Å². The number of fused-ring (bicyclic) bond motifs is 2. The summed E-state index contributed by atoms with van der Waals surface area (Å²) >= 11 is -4.43. The van der Waals surface area contributed by atoms with Crippen molar-refractivity contribution in [2.24, 2.45) is 0 Å². The summed E-state index contributed by atoms with van der Waals surface area (Å²) in [4.78, 5) is 0. The van der Waals surface area contributed by atoms with Gasteiger partial charge in [0, 0.05) is 0 Å². The molecule has 0 saturated heterocycles. The zero-order chi connectivity index (χ0) is 34.3. The van der Waals surface area contributed by atoms with Gasteiger partial charge in [0.25, 0.3) is 0 Å². The maximum absolute atomic E-state index is 4.43. The molecule has 0 amide bonds. The molecule has 6 aromatic carbocycles. The Morgan fingerprint density at radius 2 is 0.860 bits per heavy atom. The number of hydrogen-bond acceptors (Lipinski definition) is 0. The molecule has 0 aromatic heterocycles. The number of allylic oxidation sites excluding steroid dienone is 2. The SMILES string of the molecule is Cc1ccc(-c2cccc3c2C=C[CH]3[Hf]([CH3])([CH3])(=[C](Cc2ccccc2)Cc2ccccc2)[CH]2C=Cc3c(-c4ccc(C)cc4)cccc32)cc1. The van der Waals surface area contributed by atoms with E-state index >= 15 is 0 Å². The minimum absolute atomic E-state index is 0.374. The van der Waals surface area contributed by atoms with Crippen LogP contribution in [0.4, 0.5) is 0 Å². The molecule has 0 N–H and O–H groups in total. The molecule has 2 unspecified atom stereocenters. The Morgan fingerprint density at radius 1 is 0.460 bits per heavy atom. The van der Waals surface area contributed by atoms with Crippen LogP contribution in [0.2, 0.25) is 9.36 Å². The predicted octanol–water partition coefficient (Wildman–Crippen LogP) is 12.9. The predicted molar refractivity (Wildman–Crippen MR) is 214 cm³/mol. The van der Waals surface area contributed by atoms with E-state index in [-0.39, 0.29) is 0 Å². The van der Waals surface area contributed by atoms with Gasteiger partial charge in [-0.25, -0.2) is 0 Å². The van der Waals surface area contributed by atoms with E-state index in [0.717, 1.165) is 12.8 Å². The maximum atomic E-state index is 2.81. The average molecular weight is 813 g/mol. The van der Waals surface area contributed by atoms with Crippen LogP contribution in [-0.4, -0.2) is 3.26 Å². The first-order chi connectivity index (χ1) is 24.3. The molecule has 2 aliphatic carbocycles. The summed E-state index contributed by atoms with van der Waals surface area (Å²) in [5.41, 5.74) is 16.5. The van der Waals surface area contributed by atoms with E-state index in [1.807, 2.05) is 0 Å². The van der Waals surface area contributed by atoms with E-state index < -0.39 is 18.0 Å². The van der Waals surface area contributed by atoms with Gasteiger partial charge >= 0.3 is 301 Å². The number of hydrogen-bond donors (Lipinski definition) is 0. The molecule has 0 spiro atoms. The van der Waals surface area contributed by atoms with Crippen molar-refractivity contribution in [1.29, 1.82) is 0 Å². The monoisotopic (exact) mass is 814 g/mol. The molecule has 0 saturated carbocycles. The first-order valence-corrected chi connectivity index (χ1v) is 31.3. The quantitative estimate of drug-likeness (QED) is 0.134. The fourth-order valence-corrected chi connectivity index (χ4v) is 32.8. The molecular weight excluding hydrogens is 767 g/mol. The second-order valence-corrected chi connectivity index (χ2v) is 41.3. The van der Waals surface area contributed by atoms with Crippen LogP contribution in [-0.2, 0) is 30.9 Å². The van der Waals surface area contributed by atoms with Gasteiger partial charge in [0.05, 0.1) is 0 Å². The topological polar surface area (TPSA) is 0 Å². The van der Waals surface area contributed by atoms with E-state index in [2.05, 4.69) is 193 Å². The van der Waals surface area contributed by atoms with Crippen LogP contribution in [0.15, 0.2) is 158 Å². The van der Waals surface area contributed by atoms with Crippen molar-refractivity contribution in [2.45, 2.75) is 43.4 Å². The van der Waals surface area contributed by atoms with Crippen LogP contribution in [0.25, 0.3) is 34.4 Å². The molecule has 0 fully saturated rings. The summed E-state index contributed by atoms with van der Waals surface area (Å²) in [6.07, 6.45) is 12.2. The van der Waals surface area contributed by atoms with E-state index in [4.69, 9.17) is 0 Å². The van der Waals surface area contributed by atoms with Crippen molar-refractivity contribution < 1.29 is 18.0 Å². The van der Waals surface area contributed by atoms with Crippen LogP contribution in [0, 0.1) is 13.8 Å². The third-order valence-electron chi connectivity index (χ3n) is 12.1. The van der Waals surface area contributed by atoms with Gasteiger partial charge in [-0.15, -0.1) is 0 Å². The molecule has 50 heavy (non-hydrogen) atoms. The van der Waals surface area contributed by atoms with Crippen molar-refractivity contribution in [3.8, 4) is 22.3 Å². The van der Waals surface area contributed by atoms with E-state index in [0.29, 0.717) is 7.35 Å². The molecule has 246 valence electrons. The molecule has 8 rings (SSSR count). The minimum atomic E-state index is -4.43. The Kier molecular flexibility index (Phi) is 8.52.